The van der Waals surface area contributed by atoms with E-state index in [4.69, 9.17) is 42.6 Å². The summed E-state index contributed by atoms with van der Waals surface area (Å²) in [6.07, 6.45) is -28.9. The normalized spacial score (nSPS) is 52.2. The van der Waals surface area contributed by atoms with E-state index in [1.165, 1.54) is 0 Å². The van der Waals surface area contributed by atoms with Crippen LogP contribution >= 0.6 is 0 Å². The Morgan fingerprint density at radius 1 is 0.671 bits per heavy atom. The summed E-state index contributed by atoms with van der Waals surface area (Å²) in [4.78, 5) is 40.7. The first-order valence-electron chi connectivity index (χ1n) is 28.8. The molecular weight excluding hydrogens is 1080 g/mol. The second-order valence-corrected chi connectivity index (χ2v) is 26.7. The van der Waals surface area contributed by atoms with Crippen LogP contribution in [-0.4, -0.2) is 240 Å². The molecule has 4 saturated heterocycles. The monoisotopic (exact) mass is 1170 g/mol. The molecular formula is C57H88O25. The van der Waals surface area contributed by atoms with Crippen molar-refractivity contribution >= 4 is 18.2 Å². The van der Waals surface area contributed by atoms with E-state index in [1.807, 2.05) is 0 Å². The van der Waals surface area contributed by atoms with Gasteiger partial charge in [0.05, 0.1) is 49.5 Å². The lowest BCUT2D eigenvalue weighted by Crippen LogP contribution is -2.70. The molecule has 466 valence electrons. The Balaban J connectivity index is 1.04. The SMILES string of the molecule is CC=C(C)C(=O)O[C@H]1CC(C)(C)C[C@H]2C3=CCC4[C@@]5(C)CC[C@H](O[C@@H]6O[C@H](C(=O)O)[C@@H](O)[C@H](O[C@@H]7OC[C@H](O)[C@H](O)[C@H]7O[C@@H]7OC[C@@H](O)[C@H](O)[C@H]7O)[C@H]6O[C@@H]6O[C@H](CO)[C@H](O)[C@H](O)[C@H]6O)[C@@](C)(C=O)C5CC[C@@]4(C)[C@]3(C)C[C@@H](O)[C@@]12CO. The fourth-order valence-electron chi connectivity index (χ4n) is 16.7. The van der Waals surface area contributed by atoms with Gasteiger partial charge in [-0.1, -0.05) is 59.3 Å². The maximum atomic E-state index is 14.1. The van der Waals surface area contributed by atoms with Crippen LogP contribution in [-0.2, 0) is 57.0 Å². The topological polar surface area (TPSA) is 397 Å². The number of esters is 1. The molecule has 0 aromatic rings. The Labute approximate surface area is 476 Å². The number of carbonyl (C=O) groups excluding carboxylic acids is 2. The van der Waals surface area contributed by atoms with Gasteiger partial charge in [0, 0.05) is 5.57 Å². The van der Waals surface area contributed by atoms with E-state index in [0.717, 1.165) is 11.9 Å². The van der Waals surface area contributed by atoms with Crippen molar-refractivity contribution in [2.45, 2.75) is 236 Å². The number of aldehydes is 1. The molecule has 0 aromatic heterocycles. The van der Waals surface area contributed by atoms with Gasteiger partial charge in [-0.25, -0.2) is 9.59 Å². The highest BCUT2D eigenvalue weighted by molar-refractivity contribution is 5.87. The van der Waals surface area contributed by atoms with Gasteiger partial charge in [0.15, 0.2) is 31.3 Å². The highest BCUT2D eigenvalue weighted by atomic mass is 16.8. The maximum Gasteiger partial charge on any atom is 0.335 e. The van der Waals surface area contributed by atoms with Crippen molar-refractivity contribution in [3.05, 3.63) is 23.3 Å². The molecule has 4 heterocycles. The van der Waals surface area contributed by atoms with E-state index in [2.05, 4.69) is 40.7 Å². The Kier molecular flexibility index (Phi) is 18.2. The number of rotatable bonds is 14. The third-order valence-electron chi connectivity index (χ3n) is 21.7. The van der Waals surface area contributed by atoms with Crippen molar-refractivity contribution < 1.29 is 123 Å². The first kappa shape index (κ1) is 63.8. The van der Waals surface area contributed by atoms with Gasteiger partial charge >= 0.3 is 11.9 Å². The highest BCUT2D eigenvalue weighted by Crippen LogP contribution is 2.76. The van der Waals surface area contributed by atoms with Gasteiger partial charge in [0.25, 0.3) is 0 Å². The maximum absolute atomic E-state index is 14.1. The minimum atomic E-state index is -2.26. The van der Waals surface area contributed by atoms with Crippen molar-refractivity contribution in [3.8, 4) is 0 Å². The molecule has 0 spiro atoms. The quantitative estimate of drug-likeness (QED) is 0.0308. The number of hydrogen-bond donors (Lipinski definition) is 13. The molecule has 8 fully saturated rings. The highest BCUT2D eigenvalue weighted by Gasteiger charge is 2.73. The summed E-state index contributed by atoms with van der Waals surface area (Å²) in [5.74, 6) is -3.08. The Hall–Kier alpha value is -2.71. The van der Waals surface area contributed by atoms with Crippen LogP contribution in [0.15, 0.2) is 23.3 Å². The molecule has 13 N–H and O–H groups in total. The summed E-state index contributed by atoms with van der Waals surface area (Å²) in [6.45, 7) is 13.5. The number of allylic oxidation sites excluding steroid dienone is 3. The van der Waals surface area contributed by atoms with Gasteiger partial charge in [0.1, 0.15) is 91.7 Å². The summed E-state index contributed by atoms with van der Waals surface area (Å²) < 4.78 is 54.4. The number of hydrogen-bond acceptors (Lipinski definition) is 24. The second kappa shape index (κ2) is 23.4. The summed E-state index contributed by atoms with van der Waals surface area (Å²) in [5, 5.41) is 143. The van der Waals surface area contributed by atoms with E-state index in [1.54, 1.807) is 26.8 Å². The fourth-order valence-corrected chi connectivity index (χ4v) is 16.7. The predicted octanol–water partition coefficient (Wildman–Crippen LogP) is -1.55. The lowest BCUT2D eigenvalue weighted by atomic mass is 9.33. The van der Waals surface area contributed by atoms with Crippen molar-refractivity contribution in [2.75, 3.05) is 26.4 Å². The van der Waals surface area contributed by atoms with Crippen molar-refractivity contribution in [1.82, 2.24) is 0 Å². The predicted molar refractivity (Wildman–Crippen MR) is 278 cm³/mol. The molecule has 9 rings (SSSR count). The van der Waals surface area contributed by atoms with Gasteiger partial charge in [-0.3, -0.25) is 0 Å². The van der Waals surface area contributed by atoms with Crippen LogP contribution in [0.5, 0.6) is 0 Å². The minimum Gasteiger partial charge on any atom is -0.479 e. The zero-order valence-electron chi connectivity index (χ0n) is 47.8. The lowest BCUT2D eigenvalue weighted by Gasteiger charge is -2.72. The molecule has 0 aromatic carbocycles. The lowest BCUT2D eigenvalue weighted by molar-refractivity contribution is -0.398. The third kappa shape index (κ3) is 10.4. The van der Waals surface area contributed by atoms with Crippen molar-refractivity contribution in [2.24, 2.45) is 50.2 Å². The number of carboxylic acids is 1. The molecule has 29 atom stereocenters. The summed E-state index contributed by atoms with van der Waals surface area (Å²) >= 11 is 0. The summed E-state index contributed by atoms with van der Waals surface area (Å²) in [5.41, 5.74) is -3.05. The van der Waals surface area contributed by atoms with Crippen LogP contribution in [0.2, 0.25) is 0 Å². The van der Waals surface area contributed by atoms with Crippen LogP contribution in [0.4, 0.5) is 0 Å². The number of aliphatic carboxylic acids is 1. The fraction of sp³-hybridized carbons (Fsp3) is 0.877. The number of carbonyl (C=O) groups is 3. The van der Waals surface area contributed by atoms with Gasteiger partial charge in [-0.15, -0.1) is 0 Å². The van der Waals surface area contributed by atoms with Crippen LogP contribution < -0.4 is 0 Å². The number of carboxylic acid groups (broad SMARTS) is 1. The van der Waals surface area contributed by atoms with Crippen LogP contribution in [0.1, 0.15) is 107 Å². The molecule has 0 bridgehead atoms. The molecule has 82 heavy (non-hydrogen) atoms. The second-order valence-electron chi connectivity index (χ2n) is 26.7. The average Bonchev–Trinajstić information content (AvgIpc) is 0.800. The molecule has 9 aliphatic rings. The third-order valence-corrected chi connectivity index (χ3v) is 21.7. The van der Waals surface area contributed by atoms with Crippen LogP contribution in [0, 0.1) is 50.2 Å². The molecule has 25 nitrogen and oxygen atoms in total. The average molecular weight is 1170 g/mol. The smallest absolute Gasteiger partial charge is 0.335 e. The zero-order valence-corrected chi connectivity index (χ0v) is 47.8. The number of aliphatic hydroxyl groups is 12. The Morgan fingerprint density at radius 3 is 1.94 bits per heavy atom. The standard InChI is InChI=1S/C57H88O25/c1-9-24(2)47(73)77-34-18-52(3,4)16-26-25-10-11-31-53(5)14-13-33(54(6,22-59)30(53)12-15-55(31,7)56(25,8)17-32(63)57(26,34)23-60)78-51-45(82-49-40(69)38(67)37(66)29(19-58)76-49)42(41(70)43(80-51)46(71)72)79-50-44(36(65)28(62)21-75-50)81-48-39(68)35(64)27(61)20-74-48/h9-10,22,26-45,48-51,58,60-70H,11-21,23H2,1-8H3,(H,71,72)/t26-,27+,28-,29+,30?,31?,32+,33-,34-,35-,36-,37-,38-,39+,40+,41-,42-,43-,44+,45+,48-,49-,50-,51+,53-,54-,55+,56+,57-/m0/s1. The Bertz CT molecular complexity index is 2390. The van der Waals surface area contributed by atoms with E-state index < -0.39 is 200 Å². The molecule has 0 amide bonds. The molecule has 4 saturated carbocycles. The van der Waals surface area contributed by atoms with Crippen LogP contribution in [0.25, 0.3) is 0 Å². The van der Waals surface area contributed by atoms with E-state index >= 15 is 0 Å². The zero-order chi connectivity index (χ0) is 60.1. The molecule has 0 radical (unpaired) electrons. The van der Waals surface area contributed by atoms with Gasteiger partial charge in [0.2, 0.25) is 0 Å². The van der Waals surface area contributed by atoms with Crippen molar-refractivity contribution in [3.63, 3.8) is 0 Å². The molecule has 25 heteroatoms. The van der Waals surface area contributed by atoms with E-state index in [-0.39, 0.29) is 30.1 Å². The van der Waals surface area contributed by atoms with E-state index in [9.17, 15) is 80.8 Å². The number of fused-ring (bicyclic) bond motifs is 7. The van der Waals surface area contributed by atoms with Gasteiger partial charge < -0.3 is 114 Å². The first-order valence-corrected chi connectivity index (χ1v) is 28.8. The molecule has 4 aliphatic heterocycles. The largest absolute Gasteiger partial charge is 0.479 e. The summed E-state index contributed by atoms with van der Waals surface area (Å²) in [6, 6.07) is 0. The Morgan fingerprint density at radius 2 is 1.30 bits per heavy atom. The number of aliphatic hydroxyl groups excluding tert-OH is 12. The van der Waals surface area contributed by atoms with Crippen molar-refractivity contribution in [1.29, 1.82) is 0 Å². The van der Waals surface area contributed by atoms with Crippen LogP contribution in [0.3, 0.4) is 0 Å². The van der Waals surface area contributed by atoms with Gasteiger partial charge in [-0.2, -0.15) is 0 Å². The summed E-state index contributed by atoms with van der Waals surface area (Å²) in [7, 11) is 0. The first-order chi connectivity index (χ1) is 38.4. The number of ether oxygens (including phenoxy) is 9. The minimum absolute atomic E-state index is 0.0883. The molecule has 2 unspecified atom stereocenters. The van der Waals surface area contributed by atoms with E-state index in [0.29, 0.717) is 44.1 Å². The molecule has 5 aliphatic carbocycles. The van der Waals surface area contributed by atoms with Gasteiger partial charge in [-0.05, 0) is 105 Å².